The summed E-state index contributed by atoms with van der Waals surface area (Å²) in [5.41, 5.74) is 0.601. The van der Waals surface area contributed by atoms with Crippen molar-refractivity contribution in [1.29, 1.82) is 0 Å². The van der Waals surface area contributed by atoms with Crippen LogP contribution in [0.15, 0.2) is 35.1 Å². The Morgan fingerprint density at radius 2 is 2.00 bits per heavy atom. The highest BCUT2D eigenvalue weighted by Gasteiger charge is 2.28. The second-order valence-electron chi connectivity index (χ2n) is 6.72. The molecular weight excluding hydrogens is 332 g/mol. The fourth-order valence-corrected chi connectivity index (χ4v) is 3.57. The van der Waals surface area contributed by atoms with Gasteiger partial charge in [0.25, 0.3) is 5.91 Å². The van der Waals surface area contributed by atoms with Gasteiger partial charge in [-0.15, -0.1) is 0 Å². The molecule has 1 saturated heterocycles. The minimum Gasteiger partial charge on any atom is -0.372 e. The second kappa shape index (κ2) is 8.31. The first kappa shape index (κ1) is 18.4. The maximum Gasteiger partial charge on any atom is 0.347 e. The Bertz CT molecular complexity index is 772. The number of hydrogen-bond donors (Lipinski definition) is 1. The van der Waals surface area contributed by atoms with Crippen LogP contribution < -0.4 is 5.69 Å². The monoisotopic (exact) mass is 358 g/mol. The molecule has 1 aliphatic rings. The molecule has 7 heteroatoms. The molecule has 0 spiro atoms. The molecule has 26 heavy (non-hydrogen) atoms. The quantitative estimate of drug-likeness (QED) is 0.853. The van der Waals surface area contributed by atoms with E-state index in [4.69, 9.17) is 4.74 Å². The molecule has 1 aliphatic heterocycles. The zero-order valence-corrected chi connectivity index (χ0v) is 15.4. The van der Waals surface area contributed by atoms with Crippen molar-refractivity contribution in [2.75, 3.05) is 20.2 Å². The number of carbonyl (C=O) groups excluding carboxylic acids is 1. The summed E-state index contributed by atoms with van der Waals surface area (Å²) in [6.07, 6.45) is 2.87. The van der Waals surface area contributed by atoms with Gasteiger partial charge in [0.15, 0.2) is 0 Å². The number of likely N-dealkylation sites (tertiary alicyclic amines) is 1. The van der Waals surface area contributed by atoms with Crippen LogP contribution in [-0.4, -0.2) is 51.9 Å². The molecule has 0 saturated carbocycles. The second-order valence-corrected chi connectivity index (χ2v) is 6.72. The first-order chi connectivity index (χ1) is 12.6. The smallest absolute Gasteiger partial charge is 0.347 e. The van der Waals surface area contributed by atoms with E-state index in [2.05, 4.69) is 10.2 Å². The van der Waals surface area contributed by atoms with E-state index in [-0.39, 0.29) is 17.7 Å². The molecule has 1 atom stereocenters. The van der Waals surface area contributed by atoms with Gasteiger partial charge in [-0.1, -0.05) is 25.1 Å². The molecule has 0 bridgehead atoms. The molecule has 3 rings (SSSR count). The van der Waals surface area contributed by atoms with Crippen LogP contribution >= 0.6 is 0 Å². The number of H-pyrrole nitrogens is 1. The van der Waals surface area contributed by atoms with Gasteiger partial charge in [0.1, 0.15) is 11.9 Å². The van der Waals surface area contributed by atoms with Crippen LogP contribution in [0.5, 0.6) is 0 Å². The van der Waals surface area contributed by atoms with Crippen molar-refractivity contribution in [2.24, 2.45) is 5.92 Å². The fourth-order valence-electron chi connectivity index (χ4n) is 3.57. The highest BCUT2D eigenvalue weighted by molar-refractivity contribution is 5.80. The van der Waals surface area contributed by atoms with Crippen molar-refractivity contribution in [2.45, 2.75) is 38.7 Å². The molecule has 0 unspecified atom stereocenters. The van der Waals surface area contributed by atoms with Crippen molar-refractivity contribution in [1.82, 2.24) is 19.7 Å². The minimum absolute atomic E-state index is 0.0782. The third-order valence-electron chi connectivity index (χ3n) is 5.08. The van der Waals surface area contributed by atoms with Gasteiger partial charge >= 0.3 is 5.69 Å². The van der Waals surface area contributed by atoms with Gasteiger partial charge in [-0.05, 0) is 37.3 Å². The summed E-state index contributed by atoms with van der Waals surface area (Å²) in [4.78, 5) is 26.4. The summed E-state index contributed by atoms with van der Waals surface area (Å²) in [5.74, 6) is 1.23. The molecule has 0 radical (unpaired) electrons. The van der Waals surface area contributed by atoms with E-state index in [0.29, 0.717) is 12.3 Å². The van der Waals surface area contributed by atoms with Gasteiger partial charge in [-0.25, -0.2) is 14.5 Å². The van der Waals surface area contributed by atoms with Crippen molar-refractivity contribution in [3.05, 3.63) is 46.6 Å². The highest BCUT2D eigenvalue weighted by atomic mass is 16.5. The maximum absolute atomic E-state index is 12.4. The van der Waals surface area contributed by atoms with Crippen LogP contribution in [-0.2, 0) is 16.0 Å². The summed E-state index contributed by atoms with van der Waals surface area (Å²) in [6.45, 7) is 3.41. The number of aromatic amines is 1. The van der Waals surface area contributed by atoms with Crippen molar-refractivity contribution in [3.8, 4) is 5.69 Å². The topological polar surface area (TPSA) is 80.2 Å². The normalized spacial score (nSPS) is 16.6. The summed E-state index contributed by atoms with van der Waals surface area (Å²) in [6, 6.07) is 9.53. The average molecular weight is 358 g/mol. The lowest BCUT2D eigenvalue weighted by atomic mass is 9.93. The van der Waals surface area contributed by atoms with Gasteiger partial charge in [0.05, 0.1) is 5.69 Å². The van der Waals surface area contributed by atoms with Gasteiger partial charge in [0, 0.05) is 26.6 Å². The SMILES string of the molecule is CC[C@H](OC)C(=O)N1CCC(Cc2n[nH]c(=O)n2-c2ccccc2)CC1. The number of rotatable bonds is 6. The number of piperidine rings is 1. The highest BCUT2D eigenvalue weighted by Crippen LogP contribution is 2.22. The Labute approximate surface area is 153 Å². The maximum atomic E-state index is 12.4. The van der Waals surface area contributed by atoms with E-state index in [1.807, 2.05) is 42.2 Å². The van der Waals surface area contributed by atoms with E-state index in [1.165, 1.54) is 0 Å². The van der Waals surface area contributed by atoms with E-state index >= 15 is 0 Å². The largest absolute Gasteiger partial charge is 0.372 e. The molecule has 1 aromatic carbocycles. The molecule has 1 fully saturated rings. The number of hydrogen-bond acceptors (Lipinski definition) is 4. The molecule has 7 nitrogen and oxygen atoms in total. The molecular formula is C19H26N4O3. The summed E-state index contributed by atoms with van der Waals surface area (Å²) < 4.78 is 6.90. The molecule has 1 amide bonds. The number of nitrogens with zero attached hydrogens (tertiary/aromatic N) is 3. The predicted molar refractivity (Wildman–Crippen MR) is 98.3 cm³/mol. The van der Waals surface area contributed by atoms with E-state index < -0.39 is 0 Å². The molecule has 2 aromatic rings. The summed E-state index contributed by atoms with van der Waals surface area (Å²) >= 11 is 0. The molecule has 0 aliphatic carbocycles. The van der Waals surface area contributed by atoms with Crippen molar-refractivity contribution in [3.63, 3.8) is 0 Å². The number of para-hydroxylation sites is 1. The van der Waals surface area contributed by atoms with Gasteiger partial charge in [-0.3, -0.25) is 4.79 Å². The van der Waals surface area contributed by atoms with E-state index in [9.17, 15) is 9.59 Å². The first-order valence-corrected chi connectivity index (χ1v) is 9.17. The third kappa shape index (κ3) is 3.88. The lowest BCUT2D eigenvalue weighted by molar-refractivity contribution is -0.143. The minimum atomic E-state index is -0.346. The number of methoxy groups -OCH3 is 1. The first-order valence-electron chi connectivity index (χ1n) is 9.17. The number of amides is 1. The Morgan fingerprint density at radius 3 is 2.62 bits per heavy atom. The zero-order chi connectivity index (χ0) is 18.5. The number of carbonyl (C=O) groups is 1. The lowest BCUT2D eigenvalue weighted by Crippen LogP contribution is -2.44. The van der Waals surface area contributed by atoms with Gasteiger partial charge < -0.3 is 9.64 Å². The average Bonchev–Trinajstić information content (AvgIpc) is 3.04. The van der Waals surface area contributed by atoms with Gasteiger partial charge in [0.2, 0.25) is 0 Å². The number of aromatic nitrogens is 3. The van der Waals surface area contributed by atoms with Crippen molar-refractivity contribution >= 4 is 5.91 Å². The Hall–Kier alpha value is -2.41. The number of nitrogens with one attached hydrogen (secondary N) is 1. The Kier molecular flexibility index (Phi) is 5.88. The summed E-state index contributed by atoms with van der Waals surface area (Å²) in [5, 5.41) is 6.78. The number of ether oxygens (including phenoxy) is 1. The zero-order valence-electron chi connectivity index (χ0n) is 15.4. The van der Waals surface area contributed by atoms with E-state index in [1.54, 1.807) is 11.7 Å². The van der Waals surface area contributed by atoms with Crippen LogP contribution in [0.3, 0.4) is 0 Å². The van der Waals surface area contributed by atoms with Crippen LogP contribution in [0.1, 0.15) is 32.0 Å². The Balaban J connectivity index is 1.64. The third-order valence-corrected chi connectivity index (χ3v) is 5.08. The van der Waals surface area contributed by atoms with Crippen LogP contribution in [0, 0.1) is 5.92 Å². The van der Waals surface area contributed by atoms with Crippen LogP contribution in [0.2, 0.25) is 0 Å². The van der Waals surface area contributed by atoms with Crippen LogP contribution in [0.4, 0.5) is 0 Å². The standard InChI is InChI=1S/C19H26N4O3/c1-3-16(26-2)18(24)22-11-9-14(10-12-22)13-17-20-21-19(25)23(17)15-7-5-4-6-8-15/h4-8,14,16H,3,9-13H2,1-2H3,(H,21,25)/t16-/m0/s1. The Morgan fingerprint density at radius 1 is 1.31 bits per heavy atom. The van der Waals surface area contributed by atoms with Crippen LogP contribution in [0.25, 0.3) is 5.69 Å². The fraction of sp³-hybridized carbons (Fsp3) is 0.526. The van der Waals surface area contributed by atoms with Crippen molar-refractivity contribution < 1.29 is 9.53 Å². The molecule has 2 heterocycles. The predicted octanol–water partition coefficient (Wildman–Crippen LogP) is 1.77. The van der Waals surface area contributed by atoms with E-state index in [0.717, 1.165) is 43.9 Å². The molecule has 140 valence electrons. The lowest BCUT2D eigenvalue weighted by Gasteiger charge is -2.33. The van der Waals surface area contributed by atoms with Gasteiger partial charge in [-0.2, -0.15) is 5.10 Å². The molecule has 1 N–H and O–H groups in total. The summed E-state index contributed by atoms with van der Waals surface area (Å²) in [7, 11) is 1.58. The molecule has 1 aromatic heterocycles. The number of benzene rings is 1.